The largest absolute Gasteiger partial charge is 0.411 e. The Morgan fingerprint density at radius 3 is 2.48 bits per heavy atom. The van der Waals surface area contributed by atoms with Gasteiger partial charge in [-0.2, -0.15) is 0 Å². The van der Waals surface area contributed by atoms with Crippen LogP contribution in [0.15, 0.2) is 27.8 Å². The smallest absolute Gasteiger partial charge is 0.321 e. The average Bonchev–Trinajstić information content (AvgIpc) is 2.97. The van der Waals surface area contributed by atoms with Crippen molar-refractivity contribution in [2.75, 3.05) is 0 Å². The molecule has 1 atom stereocenters. The number of aryl methyl sites for hydroxylation is 2. The van der Waals surface area contributed by atoms with E-state index >= 15 is 0 Å². The first-order valence-electron chi connectivity index (χ1n) is 7.95. The van der Waals surface area contributed by atoms with Crippen LogP contribution in [0.4, 0.5) is 4.79 Å². The van der Waals surface area contributed by atoms with Crippen molar-refractivity contribution in [1.82, 2.24) is 20.8 Å². The van der Waals surface area contributed by atoms with E-state index in [1.54, 1.807) is 6.92 Å². The van der Waals surface area contributed by atoms with Gasteiger partial charge >= 0.3 is 6.03 Å². The summed E-state index contributed by atoms with van der Waals surface area (Å²) in [6.45, 7) is 9.34. The highest BCUT2D eigenvalue weighted by Gasteiger charge is 2.20. The highest BCUT2D eigenvalue weighted by molar-refractivity contribution is 8.00. The van der Waals surface area contributed by atoms with E-state index in [-0.39, 0.29) is 11.3 Å². The van der Waals surface area contributed by atoms with Crippen LogP contribution in [0, 0.1) is 13.8 Å². The molecule has 7 nitrogen and oxygen atoms in total. The van der Waals surface area contributed by atoms with E-state index in [4.69, 9.17) is 4.42 Å². The summed E-state index contributed by atoms with van der Waals surface area (Å²) < 4.78 is 5.62. The number of carbonyl (C=O) groups excluding carboxylic acids is 2. The summed E-state index contributed by atoms with van der Waals surface area (Å²) in [5.41, 5.74) is 3.15. The van der Waals surface area contributed by atoms with Crippen LogP contribution < -0.4 is 10.6 Å². The van der Waals surface area contributed by atoms with E-state index in [1.807, 2.05) is 45.9 Å². The minimum atomic E-state index is -0.550. The van der Waals surface area contributed by atoms with Gasteiger partial charge in [-0.05, 0) is 57.9 Å². The Kier molecular flexibility index (Phi) is 6.19. The van der Waals surface area contributed by atoms with Crippen LogP contribution in [0.1, 0.15) is 31.9 Å². The summed E-state index contributed by atoms with van der Waals surface area (Å²) in [6, 6.07) is 5.31. The summed E-state index contributed by atoms with van der Waals surface area (Å²) in [6.07, 6.45) is 0. The summed E-state index contributed by atoms with van der Waals surface area (Å²) >= 11 is 1.10. The fourth-order valence-electron chi connectivity index (χ4n) is 1.97. The minimum absolute atomic E-state index is 0.0489. The number of amides is 3. The first kappa shape index (κ1) is 19.0. The lowest BCUT2D eigenvalue weighted by molar-refractivity contribution is -0.119. The van der Waals surface area contributed by atoms with Gasteiger partial charge in [0, 0.05) is 11.6 Å². The number of hydrogen-bond acceptors (Lipinski definition) is 6. The number of aromatic nitrogens is 2. The lowest BCUT2D eigenvalue weighted by Gasteiger charge is -2.11. The van der Waals surface area contributed by atoms with Crippen molar-refractivity contribution in [3.63, 3.8) is 0 Å². The van der Waals surface area contributed by atoms with Gasteiger partial charge in [0.25, 0.3) is 5.22 Å². The van der Waals surface area contributed by atoms with Gasteiger partial charge in [0.1, 0.15) is 0 Å². The van der Waals surface area contributed by atoms with E-state index in [9.17, 15) is 9.59 Å². The summed E-state index contributed by atoms with van der Waals surface area (Å²) in [5.74, 6) is -0.0233. The molecule has 2 N–H and O–H groups in total. The van der Waals surface area contributed by atoms with Crippen molar-refractivity contribution in [3.05, 3.63) is 29.3 Å². The van der Waals surface area contributed by atoms with Crippen molar-refractivity contribution >= 4 is 23.7 Å². The molecule has 0 aliphatic carbocycles. The molecule has 0 aliphatic heterocycles. The van der Waals surface area contributed by atoms with Gasteiger partial charge < -0.3 is 9.73 Å². The predicted molar refractivity (Wildman–Crippen MR) is 96.3 cm³/mol. The van der Waals surface area contributed by atoms with Gasteiger partial charge in [0.2, 0.25) is 11.8 Å². The third kappa shape index (κ3) is 5.32. The van der Waals surface area contributed by atoms with Crippen molar-refractivity contribution < 1.29 is 14.0 Å². The number of nitrogens with one attached hydrogen (secondary N) is 2. The molecule has 0 radical (unpaired) electrons. The molecule has 134 valence electrons. The van der Waals surface area contributed by atoms with Crippen LogP contribution in [0.25, 0.3) is 11.5 Å². The molecule has 1 heterocycles. The van der Waals surface area contributed by atoms with Crippen molar-refractivity contribution in [3.8, 4) is 11.5 Å². The van der Waals surface area contributed by atoms with Gasteiger partial charge in [0.05, 0.1) is 5.25 Å². The summed E-state index contributed by atoms with van der Waals surface area (Å²) in [7, 11) is 0. The SMILES string of the molecule is Cc1ccc(-c2nnc(S[C@@H](C)C(=O)NC(=O)NC(C)C)o2)cc1C. The standard InChI is InChI=1S/C17H22N4O3S/c1-9(2)18-16(23)19-14(22)12(5)25-17-21-20-15(24-17)13-7-6-10(3)11(4)8-13/h6-9,12H,1-5H3,(H2,18,19,22,23)/t12-/m0/s1. The summed E-state index contributed by atoms with van der Waals surface area (Å²) in [4.78, 5) is 23.6. The molecule has 0 fully saturated rings. The molecule has 0 aliphatic rings. The molecule has 2 aromatic rings. The van der Waals surface area contributed by atoms with Crippen LogP contribution in [0.2, 0.25) is 0 Å². The van der Waals surface area contributed by atoms with E-state index in [0.29, 0.717) is 5.89 Å². The first-order chi connectivity index (χ1) is 11.8. The van der Waals surface area contributed by atoms with Crippen LogP contribution in [-0.2, 0) is 4.79 Å². The lowest BCUT2D eigenvalue weighted by Crippen LogP contribution is -2.45. The number of hydrogen-bond donors (Lipinski definition) is 2. The minimum Gasteiger partial charge on any atom is -0.411 e. The second-order valence-corrected chi connectivity index (χ2v) is 7.34. The third-order valence-corrected chi connectivity index (χ3v) is 4.40. The molecule has 0 unspecified atom stereocenters. The zero-order chi connectivity index (χ0) is 18.6. The molecule has 1 aromatic heterocycles. The van der Waals surface area contributed by atoms with E-state index < -0.39 is 17.2 Å². The topological polar surface area (TPSA) is 97.1 Å². The van der Waals surface area contributed by atoms with Gasteiger partial charge in [-0.3, -0.25) is 10.1 Å². The molecule has 8 heteroatoms. The number of thioether (sulfide) groups is 1. The number of rotatable bonds is 5. The quantitative estimate of drug-likeness (QED) is 0.794. The molecule has 1 aromatic carbocycles. The number of benzene rings is 1. The van der Waals surface area contributed by atoms with Crippen LogP contribution in [0.5, 0.6) is 0 Å². The highest BCUT2D eigenvalue weighted by Crippen LogP contribution is 2.27. The third-order valence-electron chi connectivity index (χ3n) is 3.46. The Hall–Kier alpha value is -2.35. The monoisotopic (exact) mass is 362 g/mol. The number of nitrogens with zero attached hydrogens (tertiary/aromatic N) is 2. The Labute approximate surface area is 151 Å². The fraction of sp³-hybridized carbons (Fsp3) is 0.412. The second-order valence-electron chi connectivity index (χ2n) is 6.05. The average molecular weight is 362 g/mol. The molecule has 3 amide bonds. The van der Waals surface area contributed by atoms with Gasteiger partial charge in [0.15, 0.2) is 0 Å². The zero-order valence-electron chi connectivity index (χ0n) is 14.9. The Morgan fingerprint density at radius 2 is 1.84 bits per heavy atom. The predicted octanol–water partition coefficient (Wildman–Crippen LogP) is 3.07. The highest BCUT2D eigenvalue weighted by atomic mass is 32.2. The maximum absolute atomic E-state index is 12.0. The van der Waals surface area contributed by atoms with Gasteiger partial charge in [-0.1, -0.05) is 17.8 Å². The summed E-state index contributed by atoms with van der Waals surface area (Å²) in [5, 5.41) is 12.6. The van der Waals surface area contributed by atoms with Gasteiger partial charge in [-0.25, -0.2) is 4.79 Å². The normalized spacial score (nSPS) is 12.1. The van der Waals surface area contributed by atoms with E-state index in [2.05, 4.69) is 20.8 Å². The maximum atomic E-state index is 12.0. The van der Waals surface area contributed by atoms with Crippen molar-refractivity contribution in [2.45, 2.75) is 51.1 Å². The van der Waals surface area contributed by atoms with Crippen molar-refractivity contribution in [2.24, 2.45) is 0 Å². The number of carbonyl (C=O) groups is 2. The zero-order valence-corrected chi connectivity index (χ0v) is 15.7. The Balaban J connectivity index is 1.99. The number of urea groups is 1. The molecule has 0 spiro atoms. The molecule has 2 rings (SSSR count). The van der Waals surface area contributed by atoms with Crippen LogP contribution in [-0.4, -0.2) is 33.4 Å². The first-order valence-corrected chi connectivity index (χ1v) is 8.83. The Bertz CT molecular complexity index is 773. The molecule has 0 bridgehead atoms. The molecular formula is C17H22N4O3S. The van der Waals surface area contributed by atoms with Crippen LogP contribution >= 0.6 is 11.8 Å². The second kappa shape index (κ2) is 8.15. The van der Waals surface area contributed by atoms with Crippen molar-refractivity contribution in [1.29, 1.82) is 0 Å². The van der Waals surface area contributed by atoms with Crippen LogP contribution in [0.3, 0.4) is 0 Å². The molecule has 25 heavy (non-hydrogen) atoms. The maximum Gasteiger partial charge on any atom is 0.321 e. The van der Waals surface area contributed by atoms with E-state index in [0.717, 1.165) is 22.9 Å². The number of imide groups is 1. The lowest BCUT2D eigenvalue weighted by atomic mass is 10.1. The molecular weight excluding hydrogens is 340 g/mol. The van der Waals surface area contributed by atoms with Gasteiger partial charge in [-0.15, -0.1) is 10.2 Å². The fourth-order valence-corrected chi connectivity index (χ4v) is 2.65. The molecule has 0 saturated heterocycles. The van der Waals surface area contributed by atoms with E-state index in [1.165, 1.54) is 5.56 Å². The molecule has 0 saturated carbocycles. The Morgan fingerprint density at radius 1 is 1.12 bits per heavy atom.